The summed E-state index contributed by atoms with van der Waals surface area (Å²) in [6.45, 7) is 12.9. The van der Waals surface area contributed by atoms with Gasteiger partial charge in [0, 0.05) is 24.7 Å². The number of nitrogens with zero attached hydrogens (tertiary/aromatic N) is 2. The highest BCUT2D eigenvalue weighted by molar-refractivity contribution is 5.76. The number of hydrogen-bond donors (Lipinski definition) is 0. The van der Waals surface area contributed by atoms with Gasteiger partial charge in [0.05, 0.1) is 5.69 Å². The molecule has 3 aromatic rings. The van der Waals surface area contributed by atoms with Crippen LogP contribution in [-0.4, -0.2) is 9.55 Å². The van der Waals surface area contributed by atoms with Crippen LogP contribution in [0.5, 0.6) is 0 Å². The van der Waals surface area contributed by atoms with E-state index in [0.29, 0.717) is 0 Å². The van der Waals surface area contributed by atoms with Gasteiger partial charge in [-0.1, -0.05) is 91.0 Å². The molecule has 1 aromatic heterocycles. The van der Waals surface area contributed by atoms with Gasteiger partial charge in [-0.05, 0) is 50.0 Å². The van der Waals surface area contributed by atoms with E-state index in [4.69, 9.17) is 4.98 Å². The molecule has 31 heavy (non-hydrogen) atoms. The quantitative estimate of drug-likeness (QED) is 0.352. The van der Waals surface area contributed by atoms with Gasteiger partial charge < -0.3 is 4.57 Å². The summed E-state index contributed by atoms with van der Waals surface area (Å²) in [4.78, 5) is 5.05. The van der Waals surface area contributed by atoms with Crippen LogP contribution in [0.25, 0.3) is 17.3 Å². The van der Waals surface area contributed by atoms with Crippen LogP contribution in [0, 0.1) is 6.92 Å². The summed E-state index contributed by atoms with van der Waals surface area (Å²) in [6.07, 6.45) is 10.1. The molecule has 158 valence electrons. The molecule has 0 radical (unpaired) electrons. The highest BCUT2D eigenvalue weighted by atomic mass is 15.1. The highest BCUT2D eigenvalue weighted by Gasteiger charge is 2.16. The Bertz CT molecular complexity index is 1110. The fourth-order valence-electron chi connectivity index (χ4n) is 3.61. The largest absolute Gasteiger partial charge is 0.304 e. The van der Waals surface area contributed by atoms with E-state index in [2.05, 4.69) is 98.8 Å². The van der Waals surface area contributed by atoms with Crippen molar-refractivity contribution >= 4 is 17.3 Å². The third-order valence-corrected chi connectivity index (χ3v) is 5.40. The van der Waals surface area contributed by atoms with E-state index in [9.17, 15) is 0 Å². The first-order chi connectivity index (χ1) is 15.0. The molecule has 2 heteroatoms. The Hall–Kier alpha value is -3.39. The van der Waals surface area contributed by atoms with E-state index in [0.717, 1.165) is 35.6 Å². The van der Waals surface area contributed by atoms with Gasteiger partial charge in [0.2, 0.25) is 0 Å². The second kappa shape index (κ2) is 10.6. The minimum atomic E-state index is 0.780. The lowest BCUT2D eigenvalue weighted by Crippen LogP contribution is -2.00. The van der Waals surface area contributed by atoms with Gasteiger partial charge in [-0.2, -0.15) is 0 Å². The van der Waals surface area contributed by atoms with Crippen molar-refractivity contribution < 1.29 is 0 Å². The van der Waals surface area contributed by atoms with Crippen molar-refractivity contribution in [3.05, 3.63) is 119 Å². The molecule has 0 amide bonds. The van der Waals surface area contributed by atoms with Crippen LogP contribution >= 0.6 is 0 Å². The molecule has 0 atom stereocenters. The van der Waals surface area contributed by atoms with E-state index >= 15 is 0 Å². The summed E-state index contributed by atoms with van der Waals surface area (Å²) < 4.78 is 2.21. The number of hydrogen-bond acceptors (Lipinski definition) is 1. The fraction of sp³-hybridized carbons (Fsp3) is 0.207. The maximum absolute atomic E-state index is 5.05. The average Bonchev–Trinajstić information content (AvgIpc) is 3.08. The molecule has 0 aliphatic rings. The van der Waals surface area contributed by atoms with Crippen LogP contribution in [0.2, 0.25) is 0 Å². The summed E-state index contributed by atoms with van der Waals surface area (Å²) in [5.74, 6) is 0.936. The molecule has 1 heterocycles. The summed E-state index contributed by atoms with van der Waals surface area (Å²) in [7, 11) is 0. The lowest BCUT2D eigenvalue weighted by atomic mass is 10.1. The molecule has 0 aliphatic carbocycles. The van der Waals surface area contributed by atoms with E-state index < -0.39 is 0 Å². The molecule has 0 saturated heterocycles. The first-order valence-corrected chi connectivity index (χ1v) is 10.8. The van der Waals surface area contributed by atoms with Crippen molar-refractivity contribution in [3.63, 3.8) is 0 Å². The normalized spacial score (nSPS) is 12.5. The predicted molar refractivity (Wildman–Crippen MR) is 135 cm³/mol. The minimum Gasteiger partial charge on any atom is -0.304 e. The van der Waals surface area contributed by atoms with Crippen LogP contribution in [0.15, 0.2) is 91.0 Å². The van der Waals surface area contributed by atoms with Crippen LogP contribution in [0.1, 0.15) is 49.1 Å². The topological polar surface area (TPSA) is 17.8 Å². The van der Waals surface area contributed by atoms with Crippen molar-refractivity contribution in [1.82, 2.24) is 9.55 Å². The van der Waals surface area contributed by atoms with Crippen molar-refractivity contribution in [2.24, 2.45) is 0 Å². The Balaban J connectivity index is 2.02. The van der Waals surface area contributed by atoms with E-state index in [1.54, 1.807) is 0 Å². The second-order valence-corrected chi connectivity index (χ2v) is 8.00. The Morgan fingerprint density at radius 1 is 0.968 bits per heavy atom. The molecular weight excluding hydrogens is 376 g/mol. The molecule has 0 bridgehead atoms. The van der Waals surface area contributed by atoms with Crippen molar-refractivity contribution in [2.75, 3.05) is 0 Å². The first-order valence-electron chi connectivity index (χ1n) is 10.8. The van der Waals surface area contributed by atoms with Crippen LogP contribution < -0.4 is 0 Å². The van der Waals surface area contributed by atoms with Crippen molar-refractivity contribution in [3.8, 4) is 0 Å². The standard InChI is InChI=1S/C29H32N2/c1-6-7-14-22(2)19-28-25(5)31(21-24(4)27-17-12-9-13-18-27)29(30-28)23(3)20-26-15-10-8-11-16-26/h6-18,21H,3,19-20H2,1-2,4-5H3/b7-6-,22-14+,24-21+. The molecule has 2 nitrogen and oxygen atoms in total. The van der Waals surface area contributed by atoms with Gasteiger partial charge in [-0.3, -0.25) is 0 Å². The Morgan fingerprint density at radius 2 is 1.61 bits per heavy atom. The summed E-state index contributed by atoms with van der Waals surface area (Å²) >= 11 is 0. The van der Waals surface area contributed by atoms with Crippen LogP contribution in [0.4, 0.5) is 0 Å². The maximum atomic E-state index is 5.05. The molecular formula is C29H32N2. The highest BCUT2D eigenvalue weighted by Crippen LogP contribution is 2.25. The Labute approximate surface area is 187 Å². The van der Waals surface area contributed by atoms with Crippen LogP contribution in [-0.2, 0) is 12.8 Å². The van der Waals surface area contributed by atoms with Crippen LogP contribution in [0.3, 0.4) is 0 Å². The first kappa shape index (κ1) is 22.3. The summed E-state index contributed by atoms with van der Waals surface area (Å²) in [6, 6.07) is 20.9. The zero-order valence-electron chi connectivity index (χ0n) is 19.1. The minimum absolute atomic E-state index is 0.780. The number of imidazole rings is 1. The smallest absolute Gasteiger partial charge is 0.140 e. The van der Waals surface area contributed by atoms with E-state index in [-0.39, 0.29) is 0 Å². The second-order valence-electron chi connectivity index (χ2n) is 8.00. The Kier molecular flexibility index (Phi) is 7.61. The Morgan fingerprint density at radius 3 is 2.26 bits per heavy atom. The molecule has 2 aromatic carbocycles. The molecule has 3 rings (SSSR count). The average molecular weight is 409 g/mol. The van der Waals surface area contributed by atoms with Crippen molar-refractivity contribution in [2.45, 2.75) is 40.5 Å². The molecule has 0 saturated carbocycles. The lowest BCUT2D eigenvalue weighted by Gasteiger charge is -2.10. The lowest BCUT2D eigenvalue weighted by molar-refractivity contribution is 1.02. The van der Waals surface area contributed by atoms with Gasteiger partial charge in [0.25, 0.3) is 0 Å². The molecule has 0 fully saturated rings. The summed E-state index contributed by atoms with van der Waals surface area (Å²) in [5, 5.41) is 0. The third kappa shape index (κ3) is 5.82. The monoisotopic (exact) mass is 408 g/mol. The third-order valence-electron chi connectivity index (χ3n) is 5.40. The number of rotatable bonds is 8. The van der Waals surface area contributed by atoms with Crippen molar-refractivity contribution in [1.29, 1.82) is 0 Å². The molecule has 0 unspecified atom stereocenters. The molecule has 0 N–H and O–H groups in total. The number of allylic oxidation sites excluding steroid dienone is 6. The van der Waals surface area contributed by atoms with Gasteiger partial charge in [-0.25, -0.2) is 4.98 Å². The van der Waals surface area contributed by atoms with E-state index in [1.807, 2.05) is 25.1 Å². The van der Waals surface area contributed by atoms with Gasteiger partial charge in [0.1, 0.15) is 5.82 Å². The fourth-order valence-corrected chi connectivity index (χ4v) is 3.61. The van der Waals surface area contributed by atoms with E-state index in [1.165, 1.54) is 22.3 Å². The summed E-state index contributed by atoms with van der Waals surface area (Å²) in [5.41, 5.74) is 8.22. The maximum Gasteiger partial charge on any atom is 0.140 e. The zero-order chi connectivity index (χ0) is 22.2. The van der Waals surface area contributed by atoms with Gasteiger partial charge in [-0.15, -0.1) is 0 Å². The SMILES string of the molecule is C=C(Cc1ccccc1)c1nc(C/C(C)=C/C=C\C)c(C)n1/C=C(\C)c1ccccc1. The molecule has 0 aliphatic heterocycles. The van der Waals surface area contributed by atoms with Gasteiger partial charge in [0.15, 0.2) is 0 Å². The van der Waals surface area contributed by atoms with Gasteiger partial charge >= 0.3 is 0 Å². The number of benzene rings is 2. The number of aromatic nitrogens is 2. The predicted octanol–water partition coefficient (Wildman–Crippen LogP) is 7.53. The molecule has 0 spiro atoms. The zero-order valence-corrected chi connectivity index (χ0v) is 19.1.